The van der Waals surface area contributed by atoms with E-state index in [1.807, 2.05) is 29.2 Å². The first kappa shape index (κ1) is 24.7. The summed E-state index contributed by atoms with van der Waals surface area (Å²) in [6.45, 7) is 5.71. The summed E-state index contributed by atoms with van der Waals surface area (Å²) in [5.41, 5.74) is 0.840. The van der Waals surface area contributed by atoms with Gasteiger partial charge < -0.3 is 19.4 Å². The highest BCUT2D eigenvalue weighted by molar-refractivity contribution is 9.10. The van der Waals surface area contributed by atoms with Crippen LogP contribution in [-0.4, -0.2) is 78.9 Å². The number of halogens is 2. The maximum absolute atomic E-state index is 14.1. The van der Waals surface area contributed by atoms with E-state index < -0.39 is 0 Å². The minimum Gasteiger partial charge on any atom is -0.490 e. The number of aryl methyl sites for hydroxylation is 1. The summed E-state index contributed by atoms with van der Waals surface area (Å²) < 4.78 is 21.3. The molecule has 2 amide bonds. The van der Waals surface area contributed by atoms with Crippen molar-refractivity contribution in [1.29, 1.82) is 0 Å². The van der Waals surface area contributed by atoms with Crippen molar-refractivity contribution in [1.82, 2.24) is 14.7 Å². The maximum Gasteiger partial charge on any atom is 0.253 e. The summed E-state index contributed by atoms with van der Waals surface area (Å²) in [6.07, 6.45) is 0.728. The van der Waals surface area contributed by atoms with Crippen molar-refractivity contribution in [2.75, 3.05) is 46.3 Å². The number of amides is 2. The fraction of sp³-hybridized carbons (Fsp3) is 0.462. The Morgan fingerprint density at radius 2 is 1.82 bits per heavy atom. The molecule has 2 saturated heterocycles. The molecule has 2 heterocycles. The molecule has 34 heavy (non-hydrogen) atoms. The van der Waals surface area contributed by atoms with Crippen LogP contribution in [0.5, 0.6) is 5.75 Å². The third kappa shape index (κ3) is 5.96. The highest BCUT2D eigenvalue weighted by Crippen LogP contribution is 2.29. The zero-order chi connectivity index (χ0) is 24.2. The Bertz CT molecular complexity index is 1040. The van der Waals surface area contributed by atoms with Gasteiger partial charge in [0.25, 0.3) is 5.91 Å². The molecule has 0 unspecified atom stereocenters. The lowest BCUT2D eigenvalue weighted by atomic mass is 9.90. The fourth-order valence-electron chi connectivity index (χ4n) is 4.58. The number of likely N-dealkylation sites (tertiary alicyclic amines) is 1. The van der Waals surface area contributed by atoms with E-state index in [0.717, 1.165) is 23.3 Å². The number of hydrogen-bond acceptors (Lipinski definition) is 4. The number of carbonyl (C=O) groups is 2. The first-order valence-corrected chi connectivity index (χ1v) is 12.5. The standard InChI is InChI=1S/C26H31BrFN3O3/c1-18-6-7-19(14-23(18)28)26(33)31-9-8-24(34-22-5-3-4-21(27)16-22)20(17-31)15-25(32)30-12-10-29(2)11-13-30/h3-7,14,16,20,24H,8-13,15,17H2,1-2H3/t20-,24-/m0/s1. The molecule has 6 nitrogen and oxygen atoms in total. The van der Waals surface area contributed by atoms with E-state index in [-0.39, 0.29) is 29.7 Å². The Hall–Kier alpha value is -2.45. The third-order valence-corrected chi connectivity index (χ3v) is 7.24. The number of likely N-dealkylation sites (N-methyl/N-ethyl adjacent to an activating group) is 1. The van der Waals surface area contributed by atoms with Gasteiger partial charge in [0, 0.05) is 68.1 Å². The predicted octanol–water partition coefficient (Wildman–Crippen LogP) is 3.97. The molecule has 2 atom stereocenters. The van der Waals surface area contributed by atoms with E-state index in [2.05, 4.69) is 27.9 Å². The normalized spacial score (nSPS) is 21.4. The third-order valence-electron chi connectivity index (χ3n) is 6.75. The van der Waals surface area contributed by atoms with Gasteiger partial charge in [0.2, 0.25) is 5.91 Å². The van der Waals surface area contributed by atoms with Crippen molar-refractivity contribution in [3.63, 3.8) is 0 Å². The van der Waals surface area contributed by atoms with Crippen LogP contribution in [-0.2, 0) is 4.79 Å². The number of hydrogen-bond donors (Lipinski definition) is 0. The summed E-state index contributed by atoms with van der Waals surface area (Å²) in [6, 6.07) is 12.2. The van der Waals surface area contributed by atoms with Crippen molar-refractivity contribution in [2.24, 2.45) is 5.92 Å². The maximum atomic E-state index is 14.1. The van der Waals surface area contributed by atoms with Crippen molar-refractivity contribution in [3.05, 3.63) is 63.9 Å². The van der Waals surface area contributed by atoms with Crippen LogP contribution < -0.4 is 4.74 Å². The average molecular weight is 532 g/mol. The van der Waals surface area contributed by atoms with Gasteiger partial charge in [-0.15, -0.1) is 0 Å². The van der Waals surface area contributed by atoms with Crippen molar-refractivity contribution in [2.45, 2.75) is 25.9 Å². The van der Waals surface area contributed by atoms with Gasteiger partial charge in [0.15, 0.2) is 0 Å². The number of carbonyl (C=O) groups excluding carboxylic acids is 2. The van der Waals surface area contributed by atoms with Gasteiger partial charge in [0.05, 0.1) is 0 Å². The first-order chi connectivity index (χ1) is 16.3. The van der Waals surface area contributed by atoms with E-state index in [0.29, 0.717) is 50.1 Å². The minimum atomic E-state index is -0.388. The quantitative estimate of drug-likeness (QED) is 0.585. The highest BCUT2D eigenvalue weighted by Gasteiger charge is 2.36. The molecule has 2 aromatic rings. The first-order valence-electron chi connectivity index (χ1n) is 11.7. The molecule has 8 heteroatoms. The number of nitrogens with zero attached hydrogens (tertiary/aromatic N) is 3. The summed E-state index contributed by atoms with van der Waals surface area (Å²) >= 11 is 3.48. The predicted molar refractivity (Wildman–Crippen MR) is 132 cm³/mol. The topological polar surface area (TPSA) is 53.1 Å². The molecule has 182 valence electrons. The van der Waals surface area contributed by atoms with Gasteiger partial charge in [-0.3, -0.25) is 9.59 Å². The summed E-state index contributed by atoms with van der Waals surface area (Å²) in [7, 11) is 2.06. The van der Waals surface area contributed by atoms with Crippen molar-refractivity contribution < 1.29 is 18.7 Å². The molecule has 2 aliphatic heterocycles. The number of piperidine rings is 1. The second kappa shape index (κ2) is 10.9. The van der Waals surface area contributed by atoms with Gasteiger partial charge in [-0.2, -0.15) is 0 Å². The lowest BCUT2D eigenvalue weighted by molar-refractivity contribution is -0.135. The van der Waals surface area contributed by atoms with E-state index in [4.69, 9.17) is 4.74 Å². The van der Waals surface area contributed by atoms with Gasteiger partial charge in [0.1, 0.15) is 17.7 Å². The van der Waals surface area contributed by atoms with Crippen LogP contribution in [0, 0.1) is 18.7 Å². The molecule has 0 saturated carbocycles. The Morgan fingerprint density at radius 1 is 1.06 bits per heavy atom. The molecule has 2 aromatic carbocycles. The number of rotatable bonds is 5. The zero-order valence-corrected chi connectivity index (χ0v) is 21.3. The van der Waals surface area contributed by atoms with Crippen LogP contribution in [0.2, 0.25) is 0 Å². The molecular weight excluding hydrogens is 501 g/mol. The molecule has 2 aliphatic rings. The van der Waals surface area contributed by atoms with E-state index >= 15 is 0 Å². The van der Waals surface area contributed by atoms with Gasteiger partial charge >= 0.3 is 0 Å². The molecule has 0 aromatic heterocycles. The van der Waals surface area contributed by atoms with Crippen LogP contribution in [0.1, 0.15) is 28.8 Å². The van der Waals surface area contributed by atoms with Crippen LogP contribution in [0.25, 0.3) is 0 Å². The lowest BCUT2D eigenvalue weighted by Gasteiger charge is -2.40. The molecule has 0 aliphatic carbocycles. The highest BCUT2D eigenvalue weighted by atomic mass is 79.9. The van der Waals surface area contributed by atoms with Gasteiger partial charge in [-0.1, -0.05) is 28.1 Å². The zero-order valence-electron chi connectivity index (χ0n) is 19.7. The smallest absolute Gasteiger partial charge is 0.253 e. The van der Waals surface area contributed by atoms with Crippen LogP contribution in [0.4, 0.5) is 4.39 Å². The van der Waals surface area contributed by atoms with Crippen LogP contribution in [0.15, 0.2) is 46.9 Å². The van der Waals surface area contributed by atoms with Gasteiger partial charge in [-0.05, 0) is 49.9 Å². The number of ether oxygens (including phenoxy) is 1. The fourth-order valence-corrected chi connectivity index (χ4v) is 4.96. The van der Waals surface area contributed by atoms with Crippen LogP contribution >= 0.6 is 15.9 Å². The molecular formula is C26H31BrFN3O3. The van der Waals surface area contributed by atoms with Crippen LogP contribution in [0.3, 0.4) is 0 Å². The second-order valence-electron chi connectivity index (χ2n) is 9.27. The Labute approximate surface area is 208 Å². The monoisotopic (exact) mass is 531 g/mol. The number of piperazine rings is 1. The molecule has 0 radical (unpaired) electrons. The number of benzene rings is 2. The minimum absolute atomic E-state index is 0.0941. The van der Waals surface area contributed by atoms with E-state index in [1.165, 1.54) is 6.07 Å². The average Bonchev–Trinajstić information content (AvgIpc) is 2.82. The summed E-state index contributed by atoms with van der Waals surface area (Å²) in [4.78, 5) is 32.1. The Kier molecular flexibility index (Phi) is 7.88. The second-order valence-corrected chi connectivity index (χ2v) is 10.2. The summed E-state index contributed by atoms with van der Waals surface area (Å²) in [5, 5.41) is 0. The lowest BCUT2D eigenvalue weighted by Crippen LogP contribution is -2.51. The van der Waals surface area contributed by atoms with E-state index in [1.54, 1.807) is 24.0 Å². The van der Waals surface area contributed by atoms with Crippen molar-refractivity contribution >= 4 is 27.7 Å². The molecule has 2 fully saturated rings. The summed E-state index contributed by atoms with van der Waals surface area (Å²) in [5.74, 6) is 0.0740. The van der Waals surface area contributed by atoms with E-state index in [9.17, 15) is 14.0 Å². The molecule has 0 spiro atoms. The molecule has 4 rings (SSSR count). The Balaban J connectivity index is 1.50. The SMILES string of the molecule is Cc1ccc(C(=O)N2CC[C@H](Oc3cccc(Br)c3)[C@@H](CC(=O)N3CCN(C)CC3)C2)cc1F. The Morgan fingerprint density at radius 3 is 2.53 bits per heavy atom. The molecule has 0 bridgehead atoms. The van der Waals surface area contributed by atoms with Gasteiger partial charge in [-0.25, -0.2) is 4.39 Å². The van der Waals surface area contributed by atoms with Crippen molar-refractivity contribution in [3.8, 4) is 5.75 Å². The molecule has 0 N–H and O–H groups in total. The largest absolute Gasteiger partial charge is 0.490 e.